The first-order chi connectivity index (χ1) is 13.6. The number of rotatable bonds is 13. The minimum absolute atomic E-state index is 0.311. The summed E-state index contributed by atoms with van der Waals surface area (Å²) in [6, 6.07) is 2.05. The van der Waals surface area contributed by atoms with Gasteiger partial charge in [0.15, 0.2) is 0 Å². The van der Waals surface area contributed by atoms with Crippen LogP contribution in [-0.4, -0.2) is 18.2 Å². The average Bonchev–Trinajstić information content (AvgIpc) is 3.32. The van der Waals surface area contributed by atoms with Crippen LogP contribution in [0.5, 0.6) is 0 Å². The first kappa shape index (κ1) is 21.5. The number of amides is 1. The van der Waals surface area contributed by atoms with Crippen molar-refractivity contribution in [1.82, 2.24) is 0 Å². The van der Waals surface area contributed by atoms with Gasteiger partial charge >= 0.3 is 0 Å². The number of unbranched alkanes of at least 4 members (excludes halogenated alkanes) is 9. The minimum atomic E-state index is -0.327. The van der Waals surface area contributed by atoms with Crippen LogP contribution in [0, 0.1) is 5.92 Å². The van der Waals surface area contributed by atoms with Crippen molar-refractivity contribution < 1.29 is 9.59 Å². The van der Waals surface area contributed by atoms with Crippen LogP contribution in [0.15, 0.2) is 11.4 Å². The molecule has 0 saturated heterocycles. The monoisotopic (exact) mass is 419 g/mol. The van der Waals surface area contributed by atoms with E-state index in [1.54, 1.807) is 16.2 Å². The van der Waals surface area contributed by atoms with E-state index in [0.29, 0.717) is 17.3 Å². The maximum Gasteiger partial charge on any atom is 0.300 e. The number of fused-ring (bicyclic) bond motifs is 3. The van der Waals surface area contributed by atoms with Crippen LogP contribution in [0.3, 0.4) is 0 Å². The predicted molar refractivity (Wildman–Crippen MR) is 122 cm³/mol. The van der Waals surface area contributed by atoms with Gasteiger partial charge in [0.05, 0.1) is 10.4 Å². The molecule has 3 rings (SSSR count). The van der Waals surface area contributed by atoms with Gasteiger partial charge in [0.2, 0.25) is 0 Å². The molecule has 0 aromatic carbocycles. The molecule has 2 aromatic heterocycles. The van der Waals surface area contributed by atoms with Crippen LogP contribution in [0.4, 0.5) is 5.69 Å². The molecule has 1 aliphatic heterocycles. The van der Waals surface area contributed by atoms with Gasteiger partial charge in [-0.2, -0.15) is 0 Å². The smallest absolute Gasteiger partial charge is 0.300 e. The normalized spacial score (nSPS) is 15.0. The van der Waals surface area contributed by atoms with Gasteiger partial charge < -0.3 is 4.90 Å². The summed E-state index contributed by atoms with van der Waals surface area (Å²) in [4.78, 5) is 27.2. The minimum Gasteiger partial charge on any atom is -0.302 e. The average molecular weight is 420 g/mol. The highest BCUT2D eigenvalue weighted by molar-refractivity contribution is 7.29. The molecule has 154 valence electrons. The third kappa shape index (κ3) is 5.04. The van der Waals surface area contributed by atoms with E-state index in [-0.39, 0.29) is 11.7 Å². The SMILES string of the molecule is CCCCCCCCCCCCC(C)CN1C(=O)C(=O)c2sc3ccsc3c21. The van der Waals surface area contributed by atoms with Crippen molar-refractivity contribution in [2.75, 3.05) is 11.4 Å². The zero-order chi connectivity index (χ0) is 19.9. The molecule has 0 N–H and O–H groups in total. The lowest BCUT2D eigenvalue weighted by Crippen LogP contribution is -2.33. The van der Waals surface area contributed by atoms with Crippen molar-refractivity contribution in [3.8, 4) is 0 Å². The highest BCUT2D eigenvalue weighted by atomic mass is 32.1. The second-order valence-corrected chi connectivity index (χ2v) is 10.2. The molecule has 0 aliphatic carbocycles. The molecule has 0 spiro atoms. The molecule has 5 heteroatoms. The van der Waals surface area contributed by atoms with Gasteiger partial charge in [-0.05, 0) is 23.8 Å². The van der Waals surface area contributed by atoms with Gasteiger partial charge in [-0.25, -0.2) is 0 Å². The van der Waals surface area contributed by atoms with Gasteiger partial charge in [-0.15, -0.1) is 22.7 Å². The van der Waals surface area contributed by atoms with Crippen LogP contribution in [0.25, 0.3) is 9.40 Å². The lowest BCUT2D eigenvalue weighted by Gasteiger charge is -2.20. The second kappa shape index (κ2) is 10.5. The molecule has 1 unspecified atom stereocenters. The number of carbonyl (C=O) groups is 2. The number of Topliss-reactive ketones (excluding diaryl/α,β-unsaturated/α-hetero) is 1. The zero-order valence-electron chi connectivity index (χ0n) is 17.3. The van der Waals surface area contributed by atoms with Crippen molar-refractivity contribution in [3.05, 3.63) is 16.3 Å². The highest BCUT2D eigenvalue weighted by Gasteiger charge is 2.40. The maximum atomic E-state index is 12.5. The first-order valence-corrected chi connectivity index (χ1v) is 12.7. The summed E-state index contributed by atoms with van der Waals surface area (Å²) in [5, 5.41) is 2.04. The van der Waals surface area contributed by atoms with Crippen LogP contribution in [0.1, 0.15) is 94.1 Å². The number of nitrogens with zero attached hydrogens (tertiary/aromatic N) is 1. The van der Waals surface area contributed by atoms with E-state index in [4.69, 9.17) is 0 Å². The summed E-state index contributed by atoms with van der Waals surface area (Å²) in [5.74, 6) is -0.215. The third-order valence-electron chi connectivity index (χ3n) is 5.73. The van der Waals surface area contributed by atoms with E-state index < -0.39 is 0 Å². The van der Waals surface area contributed by atoms with Gasteiger partial charge in [0, 0.05) is 11.2 Å². The Kier molecular flexibility index (Phi) is 8.10. The Bertz CT molecular complexity index is 792. The highest BCUT2D eigenvalue weighted by Crippen LogP contribution is 2.45. The lowest BCUT2D eigenvalue weighted by atomic mass is 10.0. The fourth-order valence-corrected chi connectivity index (χ4v) is 6.39. The fraction of sp³-hybridized carbons (Fsp3) is 0.652. The third-order valence-corrected chi connectivity index (χ3v) is 7.92. The van der Waals surface area contributed by atoms with Crippen molar-refractivity contribution >= 4 is 49.5 Å². The van der Waals surface area contributed by atoms with Crippen LogP contribution >= 0.6 is 22.7 Å². The fourth-order valence-electron chi connectivity index (χ4n) is 4.09. The topological polar surface area (TPSA) is 37.4 Å². The Morgan fingerprint density at radius 2 is 1.61 bits per heavy atom. The van der Waals surface area contributed by atoms with E-state index in [9.17, 15) is 9.59 Å². The number of hydrogen-bond donors (Lipinski definition) is 0. The Morgan fingerprint density at radius 3 is 2.29 bits per heavy atom. The molecule has 2 aromatic rings. The molecule has 1 atom stereocenters. The maximum absolute atomic E-state index is 12.5. The zero-order valence-corrected chi connectivity index (χ0v) is 18.9. The quantitative estimate of drug-likeness (QED) is 0.250. The van der Waals surface area contributed by atoms with Gasteiger partial charge in [0.25, 0.3) is 11.7 Å². The van der Waals surface area contributed by atoms with E-state index in [2.05, 4.69) is 13.8 Å². The van der Waals surface area contributed by atoms with Gasteiger partial charge in [-0.3, -0.25) is 9.59 Å². The summed E-state index contributed by atoms with van der Waals surface area (Å²) >= 11 is 3.10. The lowest BCUT2D eigenvalue weighted by molar-refractivity contribution is -0.114. The first-order valence-electron chi connectivity index (χ1n) is 11.0. The number of hydrogen-bond acceptors (Lipinski definition) is 4. The molecule has 0 radical (unpaired) electrons. The summed E-state index contributed by atoms with van der Waals surface area (Å²) in [7, 11) is 0. The molecule has 28 heavy (non-hydrogen) atoms. The summed E-state index contributed by atoms with van der Waals surface area (Å²) in [6.45, 7) is 5.14. The molecule has 3 heterocycles. The van der Waals surface area contributed by atoms with E-state index in [1.807, 2.05) is 11.4 Å². The number of thiophene rings is 2. The molecule has 0 saturated carbocycles. The summed E-state index contributed by atoms with van der Waals surface area (Å²) in [6.07, 6.45) is 14.6. The molecule has 3 nitrogen and oxygen atoms in total. The van der Waals surface area contributed by atoms with Crippen LogP contribution in [-0.2, 0) is 4.79 Å². The largest absolute Gasteiger partial charge is 0.302 e. The van der Waals surface area contributed by atoms with E-state index >= 15 is 0 Å². The molecule has 0 fully saturated rings. The molecular formula is C23H33NO2S2. The van der Waals surface area contributed by atoms with Gasteiger partial charge in [0.1, 0.15) is 4.88 Å². The standard InChI is InChI=1S/C23H33NO2S2/c1-3-4-5-6-7-8-9-10-11-12-13-17(2)16-24-19-21-18(14-15-27-21)28-22(19)20(25)23(24)26/h14-15,17H,3-13,16H2,1-2H3. The Balaban J connectivity index is 1.37. The van der Waals surface area contributed by atoms with Crippen LogP contribution in [0.2, 0.25) is 0 Å². The number of ketones is 1. The van der Waals surface area contributed by atoms with Crippen molar-refractivity contribution in [3.63, 3.8) is 0 Å². The Hall–Kier alpha value is -1.20. The summed E-state index contributed by atoms with van der Waals surface area (Å²) in [5.41, 5.74) is 0.889. The van der Waals surface area contributed by atoms with Crippen molar-refractivity contribution in [1.29, 1.82) is 0 Å². The van der Waals surface area contributed by atoms with E-state index in [1.165, 1.54) is 75.5 Å². The number of anilines is 1. The second-order valence-electron chi connectivity index (χ2n) is 8.21. The predicted octanol–water partition coefficient (Wildman–Crippen LogP) is 7.44. The molecule has 0 bridgehead atoms. The van der Waals surface area contributed by atoms with E-state index in [0.717, 1.165) is 21.5 Å². The Labute approximate surface area is 177 Å². The molecule has 1 aliphatic rings. The number of carbonyl (C=O) groups excluding carboxylic acids is 2. The van der Waals surface area contributed by atoms with Crippen molar-refractivity contribution in [2.45, 2.75) is 84.5 Å². The van der Waals surface area contributed by atoms with Crippen molar-refractivity contribution in [2.24, 2.45) is 5.92 Å². The summed E-state index contributed by atoms with van der Waals surface area (Å²) < 4.78 is 2.23. The van der Waals surface area contributed by atoms with Crippen LogP contribution < -0.4 is 4.90 Å². The van der Waals surface area contributed by atoms with Gasteiger partial charge in [-0.1, -0.05) is 78.1 Å². The molecule has 1 amide bonds. The Morgan fingerprint density at radius 1 is 0.964 bits per heavy atom. The molecular weight excluding hydrogens is 386 g/mol.